The highest BCUT2D eigenvalue weighted by Crippen LogP contribution is 2.31. The number of carbonyl (C=O) groups excluding carboxylic acids is 1. The second kappa shape index (κ2) is 7.60. The average molecular weight is 403 g/mol. The van der Waals surface area contributed by atoms with E-state index in [0.29, 0.717) is 22.0 Å². The normalized spacial score (nSPS) is 15.8. The number of piperidine rings is 1. The van der Waals surface area contributed by atoms with E-state index in [1.165, 1.54) is 11.3 Å². The molecule has 1 aliphatic rings. The van der Waals surface area contributed by atoms with E-state index in [9.17, 15) is 4.79 Å². The number of para-hydroxylation sites is 2. The number of thiazole rings is 1. The van der Waals surface area contributed by atoms with Crippen LogP contribution < -0.4 is 0 Å². The Labute approximate surface area is 167 Å². The summed E-state index contributed by atoms with van der Waals surface area (Å²) in [7, 11) is 0. The van der Waals surface area contributed by atoms with Crippen LogP contribution in [-0.2, 0) is 6.42 Å². The number of halogens is 1. The lowest BCUT2D eigenvalue weighted by Gasteiger charge is -2.31. The Bertz CT molecular complexity index is 923. The number of carbonyl (C=O) groups is 1. The molecule has 0 saturated carbocycles. The predicted molar refractivity (Wildman–Crippen MR) is 110 cm³/mol. The van der Waals surface area contributed by atoms with Gasteiger partial charge in [-0.1, -0.05) is 37.6 Å². The van der Waals surface area contributed by atoms with Gasteiger partial charge in [0.1, 0.15) is 11.5 Å². The van der Waals surface area contributed by atoms with Crippen molar-refractivity contribution in [3.05, 3.63) is 45.1 Å². The van der Waals surface area contributed by atoms with Gasteiger partial charge in [-0.05, 0) is 37.3 Å². The van der Waals surface area contributed by atoms with Gasteiger partial charge in [0.2, 0.25) is 0 Å². The highest BCUT2D eigenvalue weighted by Gasteiger charge is 2.29. The minimum atomic E-state index is 0.0110. The maximum absolute atomic E-state index is 13.0. The number of nitrogens with one attached hydrogen (secondary N) is 1. The van der Waals surface area contributed by atoms with Crippen LogP contribution in [-0.4, -0.2) is 38.8 Å². The highest BCUT2D eigenvalue weighted by molar-refractivity contribution is 7.16. The van der Waals surface area contributed by atoms with Crippen LogP contribution in [0.25, 0.3) is 11.0 Å². The van der Waals surface area contributed by atoms with E-state index in [1.54, 1.807) is 0 Å². The summed E-state index contributed by atoms with van der Waals surface area (Å²) in [5.41, 5.74) is 2.61. The summed E-state index contributed by atoms with van der Waals surface area (Å²) in [6, 6.07) is 8.09. The van der Waals surface area contributed by atoms with E-state index in [1.807, 2.05) is 29.2 Å². The molecule has 3 aromatic rings. The molecule has 2 aromatic heterocycles. The predicted octanol–water partition coefficient (Wildman–Crippen LogP) is 4.89. The van der Waals surface area contributed by atoms with Crippen LogP contribution in [0.2, 0.25) is 4.47 Å². The lowest BCUT2D eigenvalue weighted by atomic mass is 9.96. The van der Waals surface area contributed by atoms with E-state index < -0.39 is 0 Å². The average Bonchev–Trinajstić information content (AvgIpc) is 3.24. The lowest BCUT2D eigenvalue weighted by Crippen LogP contribution is -2.38. The zero-order valence-electron chi connectivity index (χ0n) is 15.5. The molecule has 0 aliphatic carbocycles. The van der Waals surface area contributed by atoms with Crippen molar-refractivity contribution in [2.75, 3.05) is 13.1 Å². The third-order valence-corrected chi connectivity index (χ3v) is 6.23. The molecule has 3 heterocycles. The Hall–Kier alpha value is -1.92. The Kier molecular flexibility index (Phi) is 5.19. The standard InChI is InChI=1S/C20H23ClN4OS/c1-12(2)11-16-17(24-20(21)27-16)19(26)25-9-7-13(8-10-25)18-22-14-5-3-4-6-15(14)23-18/h3-6,12-13H,7-11H2,1-2H3,(H,22,23). The van der Waals surface area contributed by atoms with Crippen LogP contribution in [0, 0.1) is 5.92 Å². The molecular weight excluding hydrogens is 380 g/mol. The quantitative estimate of drug-likeness (QED) is 0.675. The zero-order chi connectivity index (χ0) is 19.0. The molecular formula is C20H23ClN4OS. The second-order valence-corrected chi connectivity index (χ2v) is 9.21. The van der Waals surface area contributed by atoms with E-state index in [2.05, 4.69) is 23.8 Å². The third kappa shape index (κ3) is 3.87. The van der Waals surface area contributed by atoms with Gasteiger partial charge in [-0.15, -0.1) is 11.3 Å². The molecule has 0 bridgehead atoms. The molecule has 1 saturated heterocycles. The van der Waals surface area contributed by atoms with Crippen molar-refractivity contribution in [2.24, 2.45) is 5.92 Å². The van der Waals surface area contributed by atoms with Crippen LogP contribution >= 0.6 is 22.9 Å². The third-order valence-electron chi connectivity index (χ3n) is 5.04. The molecule has 5 nitrogen and oxygen atoms in total. The van der Waals surface area contributed by atoms with Crippen molar-refractivity contribution >= 4 is 39.9 Å². The Morgan fingerprint density at radius 3 is 2.74 bits per heavy atom. The Morgan fingerprint density at radius 2 is 2.04 bits per heavy atom. The van der Waals surface area contributed by atoms with Gasteiger partial charge in [0.25, 0.3) is 5.91 Å². The molecule has 142 valence electrons. The van der Waals surface area contributed by atoms with Gasteiger partial charge in [0, 0.05) is 23.9 Å². The Morgan fingerprint density at radius 1 is 1.30 bits per heavy atom. The molecule has 0 atom stereocenters. The number of imidazole rings is 1. The zero-order valence-corrected chi connectivity index (χ0v) is 17.1. The van der Waals surface area contributed by atoms with Crippen LogP contribution in [0.3, 0.4) is 0 Å². The van der Waals surface area contributed by atoms with Gasteiger partial charge in [0.15, 0.2) is 4.47 Å². The van der Waals surface area contributed by atoms with E-state index in [-0.39, 0.29) is 5.91 Å². The summed E-state index contributed by atoms with van der Waals surface area (Å²) in [5.74, 6) is 1.86. The number of likely N-dealkylation sites (tertiary alicyclic amines) is 1. The number of hydrogen-bond acceptors (Lipinski definition) is 4. The molecule has 7 heteroatoms. The summed E-state index contributed by atoms with van der Waals surface area (Å²) in [4.78, 5) is 28.4. The molecule has 4 rings (SSSR count). The minimum absolute atomic E-state index is 0.0110. The van der Waals surface area contributed by atoms with Crippen LogP contribution in [0.4, 0.5) is 0 Å². The topological polar surface area (TPSA) is 61.9 Å². The first-order chi connectivity index (χ1) is 13.0. The van der Waals surface area contributed by atoms with Crippen molar-refractivity contribution < 1.29 is 4.79 Å². The summed E-state index contributed by atoms with van der Waals surface area (Å²) >= 11 is 7.52. The molecule has 27 heavy (non-hydrogen) atoms. The fraction of sp³-hybridized carbons (Fsp3) is 0.450. The van der Waals surface area contributed by atoms with Gasteiger partial charge in [0.05, 0.1) is 11.0 Å². The monoisotopic (exact) mass is 402 g/mol. The lowest BCUT2D eigenvalue weighted by molar-refractivity contribution is 0.0705. The number of benzene rings is 1. The Balaban J connectivity index is 1.45. The number of H-pyrrole nitrogens is 1. The molecule has 1 aliphatic heterocycles. The molecule has 1 N–H and O–H groups in total. The molecule has 0 radical (unpaired) electrons. The number of nitrogens with zero attached hydrogens (tertiary/aromatic N) is 3. The first kappa shape index (κ1) is 18.4. The summed E-state index contributed by atoms with van der Waals surface area (Å²) in [6.07, 6.45) is 2.65. The van der Waals surface area contributed by atoms with Crippen molar-refractivity contribution in [1.82, 2.24) is 19.9 Å². The molecule has 1 aromatic carbocycles. The van der Waals surface area contributed by atoms with Crippen LogP contribution in [0.15, 0.2) is 24.3 Å². The van der Waals surface area contributed by atoms with Crippen molar-refractivity contribution in [2.45, 2.75) is 39.0 Å². The van der Waals surface area contributed by atoms with Crippen molar-refractivity contribution in [1.29, 1.82) is 0 Å². The van der Waals surface area contributed by atoms with E-state index in [4.69, 9.17) is 16.6 Å². The van der Waals surface area contributed by atoms with Gasteiger partial charge in [-0.3, -0.25) is 4.79 Å². The van der Waals surface area contributed by atoms with Gasteiger partial charge in [-0.25, -0.2) is 9.97 Å². The number of rotatable bonds is 4. The smallest absolute Gasteiger partial charge is 0.273 e. The SMILES string of the molecule is CC(C)Cc1sc(Cl)nc1C(=O)N1CCC(c2nc3ccccc3[nH]2)CC1. The van der Waals surface area contributed by atoms with Crippen molar-refractivity contribution in [3.63, 3.8) is 0 Å². The van der Waals surface area contributed by atoms with Crippen molar-refractivity contribution in [3.8, 4) is 0 Å². The summed E-state index contributed by atoms with van der Waals surface area (Å²) < 4.78 is 0.450. The largest absolute Gasteiger partial charge is 0.342 e. The summed E-state index contributed by atoms with van der Waals surface area (Å²) in [5, 5.41) is 0. The maximum atomic E-state index is 13.0. The minimum Gasteiger partial charge on any atom is -0.342 e. The fourth-order valence-corrected chi connectivity index (χ4v) is 5.02. The first-order valence-electron chi connectivity index (χ1n) is 9.40. The molecule has 1 fully saturated rings. The number of aromatic nitrogens is 3. The first-order valence-corrected chi connectivity index (χ1v) is 10.6. The molecule has 0 spiro atoms. The van der Waals surface area contributed by atoms with Gasteiger partial charge < -0.3 is 9.88 Å². The fourth-order valence-electron chi connectivity index (χ4n) is 3.67. The maximum Gasteiger partial charge on any atom is 0.273 e. The van der Waals surface area contributed by atoms with E-state index in [0.717, 1.165) is 54.1 Å². The van der Waals surface area contributed by atoms with E-state index >= 15 is 0 Å². The highest BCUT2D eigenvalue weighted by atomic mass is 35.5. The van der Waals surface area contributed by atoms with Gasteiger partial charge in [-0.2, -0.15) is 0 Å². The molecule has 1 amide bonds. The number of fused-ring (bicyclic) bond motifs is 1. The van der Waals surface area contributed by atoms with Gasteiger partial charge >= 0.3 is 0 Å². The second-order valence-electron chi connectivity index (χ2n) is 7.54. The number of aromatic amines is 1. The number of hydrogen-bond donors (Lipinski definition) is 1. The summed E-state index contributed by atoms with van der Waals surface area (Å²) in [6.45, 7) is 5.72. The number of amides is 1. The van der Waals surface area contributed by atoms with Crippen LogP contribution in [0.1, 0.15) is 53.8 Å². The molecule has 0 unspecified atom stereocenters. The van der Waals surface area contributed by atoms with Crippen LogP contribution in [0.5, 0.6) is 0 Å².